The standard InChI is InChI=1S/C20H26N4O4/c1-3-5-15-17(25)23(19(27)21-15)11-13-7-9-14(10-8-13)12-24-18(26)16(6-4-2)22-20(24)28/h7-10,15-16H,3-6,11-12H2,1-2H3,(H,21,27)(H,22,28)/t15-,16-/m0/s1. The Hall–Kier alpha value is -2.90. The molecule has 8 nitrogen and oxygen atoms in total. The van der Waals surface area contributed by atoms with Gasteiger partial charge in [-0.2, -0.15) is 0 Å². The lowest BCUT2D eigenvalue weighted by molar-refractivity contribution is -0.128. The van der Waals surface area contributed by atoms with Gasteiger partial charge in [0, 0.05) is 0 Å². The number of imide groups is 2. The summed E-state index contributed by atoms with van der Waals surface area (Å²) < 4.78 is 0. The molecule has 0 radical (unpaired) electrons. The van der Waals surface area contributed by atoms with Gasteiger partial charge in [-0.05, 0) is 24.0 Å². The van der Waals surface area contributed by atoms with Crippen molar-refractivity contribution in [2.24, 2.45) is 0 Å². The maximum Gasteiger partial charge on any atom is 0.325 e. The van der Waals surface area contributed by atoms with E-state index in [2.05, 4.69) is 10.6 Å². The fraction of sp³-hybridized carbons (Fsp3) is 0.500. The second-order valence-corrected chi connectivity index (χ2v) is 7.25. The molecule has 0 saturated carbocycles. The number of hydrogen-bond donors (Lipinski definition) is 2. The fourth-order valence-corrected chi connectivity index (χ4v) is 3.54. The number of nitrogens with zero attached hydrogens (tertiary/aromatic N) is 2. The minimum absolute atomic E-state index is 0.197. The van der Waals surface area contributed by atoms with Crippen LogP contribution in [0.15, 0.2) is 24.3 Å². The van der Waals surface area contributed by atoms with E-state index in [-0.39, 0.29) is 37.0 Å². The summed E-state index contributed by atoms with van der Waals surface area (Å²) in [5.41, 5.74) is 1.62. The number of nitrogens with one attached hydrogen (secondary N) is 2. The molecule has 0 bridgehead atoms. The van der Waals surface area contributed by atoms with Crippen LogP contribution in [0.4, 0.5) is 9.59 Å². The molecule has 150 valence electrons. The van der Waals surface area contributed by atoms with E-state index in [9.17, 15) is 19.2 Å². The zero-order valence-electron chi connectivity index (χ0n) is 16.2. The molecular formula is C20H26N4O4. The molecule has 0 aromatic heterocycles. The van der Waals surface area contributed by atoms with E-state index in [1.807, 2.05) is 38.1 Å². The fourth-order valence-electron chi connectivity index (χ4n) is 3.54. The highest BCUT2D eigenvalue weighted by Gasteiger charge is 2.38. The first-order valence-electron chi connectivity index (χ1n) is 9.76. The summed E-state index contributed by atoms with van der Waals surface area (Å²) in [6.07, 6.45) is 2.90. The summed E-state index contributed by atoms with van der Waals surface area (Å²) in [4.78, 5) is 51.1. The number of benzene rings is 1. The van der Waals surface area contributed by atoms with Crippen LogP contribution in [0.2, 0.25) is 0 Å². The van der Waals surface area contributed by atoms with Gasteiger partial charge < -0.3 is 10.6 Å². The normalized spacial score (nSPS) is 22.1. The molecule has 2 fully saturated rings. The highest BCUT2D eigenvalue weighted by Crippen LogP contribution is 2.18. The summed E-state index contributed by atoms with van der Waals surface area (Å²) in [6, 6.07) is 5.63. The predicted octanol–water partition coefficient (Wildman–Crippen LogP) is 2.13. The molecule has 2 heterocycles. The topological polar surface area (TPSA) is 98.8 Å². The van der Waals surface area contributed by atoms with E-state index >= 15 is 0 Å². The van der Waals surface area contributed by atoms with Crippen molar-refractivity contribution in [3.8, 4) is 0 Å². The Morgan fingerprint density at radius 2 is 1.07 bits per heavy atom. The lowest BCUT2D eigenvalue weighted by Crippen LogP contribution is -2.31. The van der Waals surface area contributed by atoms with Crippen molar-refractivity contribution in [3.05, 3.63) is 35.4 Å². The molecule has 2 atom stereocenters. The Kier molecular flexibility index (Phi) is 5.96. The third kappa shape index (κ3) is 4.00. The van der Waals surface area contributed by atoms with Gasteiger partial charge in [-0.15, -0.1) is 0 Å². The van der Waals surface area contributed by atoms with Crippen LogP contribution in [0.5, 0.6) is 0 Å². The zero-order valence-corrected chi connectivity index (χ0v) is 16.2. The second-order valence-electron chi connectivity index (χ2n) is 7.25. The predicted molar refractivity (Wildman–Crippen MR) is 102 cm³/mol. The number of rotatable bonds is 8. The second kappa shape index (κ2) is 8.41. The molecule has 3 rings (SSSR count). The largest absolute Gasteiger partial charge is 0.326 e. The first-order valence-corrected chi connectivity index (χ1v) is 9.76. The monoisotopic (exact) mass is 386 g/mol. The lowest BCUT2D eigenvalue weighted by Gasteiger charge is -2.15. The van der Waals surface area contributed by atoms with Gasteiger partial charge >= 0.3 is 12.1 Å². The number of urea groups is 2. The van der Waals surface area contributed by atoms with Gasteiger partial charge in [-0.25, -0.2) is 9.59 Å². The Labute approximate surface area is 164 Å². The summed E-state index contributed by atoms with van der Waals surface area (Å²) in [7, 11) is 0. The van der Waals surface area contributed by atoms with Gasteiger partial charge in [0.25, 0.3) is 11.8 Å². The van der Waals surface area contributed by atoms with E-state index in [4.69, 9.17) is 0 Å². The smallest absolute Gasteiger partial charge is 0.325 e. The molecule has 2 aliphatic rings. The Balaban J connectivity index is 1.61. The van der Waals surface area contributed by atoms with E-state index in [0.29, 0.717) is 12.8 Å². The maximum absolute atomic E-state index is 12.3. The molecule has 1 aromatic carbocycles. The van der Waals surface area contributed by atoms with E-state index < -0.39 is 12.1 Å². The lowest BCUT2D eigenvalue weighted by atomic mass is 10.1. The van der Waals surface area contributed by atoms with Crippen LogP contribution in [0, 0.1) is 0 Å². The van der Waals surface area contributed by atoms with Crippen molar-refractivity contribution in [3.63, 3.8) is 0 Å². The number of amides is 6. The molecule has 0 unspecified atom stereocenters. The minimum atomic E-state index is -0.437. The number of carbonyl (C=O) groups excluding carboxylic acids is 4. The van der Waals surface area contributed by atoms with E-state index in [0.717, 1.165) is 24.0 Å². The molecule has 0 aliphatic carbocycles. The Bertz CT molecular complexity index is 712. The van der Waals surface area contributed by atoms with Gasteiger partial charge in [0.2, 0.25) is 0 Å². The molecular weight excluding hydrogens is 360 g/mol. The van der Waals surface area contributed by atoms with Crippen molar-refractivity contribution >= 4 is 23.9 Å². The first kappa shape index (κ1) is 19.9. The highest BCUT2D eigenvalue weighted by molar-refractivity contribution is 6.04. The molecule has 2 saturated heterocycles. The summed E-state index contributed by atoms with van der Waals surface area (Å²) in [5, 5.41) is 5.42. The van der Waals surface area contributed by atoms with Crippen LogP contribution in [-0.2, 0) is 22.7 Å². The molecule has 1 aromatic rings. The van der Waals surface area contributed by atoms with Crippen LogP contribution < -0.4 is 10.6 Å². The van der Waals surface area contributed by atoms with Crippen LogP contribution in [0.1, 0.15) is 50.7 Å². The van der Waals surface area contributed by atoms with Gasteiger partial charge in [0.15, 0.2) is 0 Å². The minimum Gasteiger partial charge on any atom is -0.326 e. The van der Waals surface area contributed by atoms with Gasteiger partial charge in [-0.1, -0.05) is 51.0 Å². The van der Waals surface area contributed by atoms with Crippen LogP contribution in [0.3, 0.4) is 0 Å². The van der Waals surface area contributed by atoms with E-state index in [1.165, 1.54) is 9.80 Å². The summed E-state index contributed by atoms with van der Waals surface area (Å²) in [5.74, 6) is -0.394. The van der Waals surface area contributed by atoms with Crippen molar-refractivity contribution in [2.75, 3.05) is 0 Å². The van der Waals surface area contributed by atoms with Gasteiger partial charge in [0.05, 0.1) is 13.1 Å². The summed E-state index contributed by atoms with van der Waals surface area (Å²) in [6.45, 7) is 4.34. The third-order valence-electron chi connectivity index (χ3n) is 5.07. The first-order chi connectivity index (χ1) is 13.4. The molecule has 0 spiro atoms. The Morgan fingerprint density at radius 1 is 0.714 bits per heavy atom. The van der Waals surface area contributed by atoms with Crippen LogP contribution in [-0.4, -0.2) is 45.8 Å². The molecule has 2 N–H and O–H groups in total. The number of hydrogen-bond acceptors (Lipinski definition) is 4. The zero-order chi connectivity index (χ0) is 20.3. The van der Waals surface area contributed by atoms with Crippen LogP contribution in [0.25, 0.3) is 0 Å². The van der Waals surface area contributed by atoms with Crippen molar-refractivity contribution in [1.82, 2.24) is 20.4 Å². The molecule has 6 amide bonds. The SMILES string of the molecule is CCC[C@@H]1NC(=O)N(Cc2ccc(CN3C(=O)N[C@@H](CCC)C3=O)cc2)C1=O. The highest BCUT2D eigenvalue weighted by atomic mass is 16.2. The van der Waals surface area contributed by atoms with Gasteiger partial charge in [0.1, 0.15) is 12.1 Å². The Morgan fingerprint density at radius 3 is 1.39 bits per heavy atom. The molecule has 8 heteroatoms. The average Bonchev–Trinajstić information content (AvgIpc) is 3.08. The van der Waals surface area contributed by atoms with Crippen molar-refractivity contribution in [1.29, 1.82) is 0 Å². The quantitative estimate of drug-likeness (QED) is 0.669. The van der Waals surface area contributed by atoms with Crippen molar-refractivity contribution < 1.29 is 19.2 Å². The maximum atomic E-state index is 12.3. The van der Waals surface area contributed by atoms with Crippen molar-refractivity contribution in [2.45, 2.75) is 64.7 Å². The van der Waals surface area contributed by atoms with Crippen LogP contribution >= 0.6 is 0 Å². The summed E-state index contributed by atoms with van der Waals surface area (Å²) >= 11 is 0. The molecule has 2 aliphatic heterocycles. The third-order valence-corrected chi connectivity index (χ3v) is 5.07. The van der Waals surface area contributed by atoms with Gasteiger partial charge in [-0.3, -0.25) is 19.4 Å². The number of carbonyl (C=O) groups is 4. The van der Waals surface area contributed by atoms with E-state index in [1.54, 1.807) is 0 Å². The average molecular weight is 386 g/mol. The molecule has 28 heavy (non-hydrogen) atoms.